The first kappa shape index (κ1) is 28.5. The van der Waals surface area contributed by atoms with Gasteiger partial charge < -0.3 is 0 Å². The molecule has 0 aromatic rings. The molecule has 0 aromatic carbocycles. The highest BCUT2D eigenvalue weighted by atomic mass is 14.0. The fourth-order valence-electron chi connectivity index (χ4n) is 4.13. The summed E-state index contributed by atoms with van der Waals surface area (Å²) in [4.78, 5) is 0. The van der Waals surface area contributed by atoms with Crippen molar-refractivity contribution in [3.63, 3.8) is 0 Å². The summed E-state index contributed by atoms with van der Waals surface area (Å²) in [7, 11) is 0. The van der Waals surface area contributed by atoms with Gasteiger partial charge in [-0.2, -0.15) is 0 Å². The minimum atomic E-state index is 1.20. The topological polar surface area (TPSA) is 0 Å². The largest absolute Gasteiger partial charge is 0.103 e. The van der Waals surface area contributed by atoms with Gasteiger partial charge in [-0.05, 0) is 38.5 Å². The zero-order chi connectivity index (χ0) is 21.1. The second-order valence-electron chi connectivity index (χ2n) is 9.20. The lowest BCUT2D eigenvalue weighted by Crippen LogP contribution is -1.82. The predicted octanol–water partition coefficient (Wildman–Crippen LogP) is 11.1. The molecule has 29 heavy (non-hydrogen) atoms. The Morgan fingerprint density at radius 2 is 0.655 bits per heavy atom. The molecule has 0 saturated heterocycles. The fraction of sp³-hybridized carbons (Fsp3) is 0.862. The molecule has 0 spiro atoms. The average molecular weight is 405 g/mol. The monoisotopic (exact) mass is 404 g/mol. The van der Waals surface area contributed by atoms with Gasteiger partial charge in [-0.15, -0.1) is 6.58 Å². The second-order valence-corrected chi connectivity index (χ2v) is 9.20. The zero-order valence-corrected chi connectivity index (χ0v) is 20.4. The van der Waals surface area contributed by atoms with Crippen LogP contribution in [0.3, 0.4) is 0 Å². The molecule has 0 saturated carbocycles. The molecule has 0 nitrogen and oxygen atoms in total. The average Bonchev–Trinajstić information content (AvgIpc) is 2.74. The van der Waals surface area contributed by atoms with E-state index in [0.717, 1.165) is 0 Å². The summed E-state index contributed by atoms with van der Waals surface area (Å²) >= 11 is 0. The molecule has 0 amide bonds. The second kappa shape index (κ2) is 27.5. The maximum Gasteiger partial charge on any atom is -0.0351 e. The van der Waals surface area contributed by atoms with Crippen LogP contribution in [0.5, 0.6) is 0 Å². The van der Waals surface area contributed by atoms with E-state index in [4.69, 9.17) is 0 Å². The zero-order valence-electron chi connectivity index (χ0n) is 20.4. The van der Waals surface area contributed by atoms with E-state index in [2.05, 4.69) is 25.7 Å². The fourth-order valence-corrected chi connectivity index (χ4v) is 4.13. The maximum absolute atomic E-state index is 3.79. The first-order valence-electron chi connectivity index (χ1n) is 13.7. The van der Waals surface area contributed by atoms with Gasteiger partial charge in [0.05, 0.1) is 0 Å². The van der Waals surface area contributed by atoms with E-state index in [9.17, 15) is 0 Å². The van der Waals surface area contributed by atoms with Crippen LogP contribution in [0.4, 0.5) is 0 Å². The lowest BCUT2D eigenvalue weighted by Gasteiger charge is -2.02. The molecule has 172 valence electrons. The van der Waals surface area contributed by atoms with Crippen LogP contribution in [-0.4, -0.2) is 0 Å². The van der Waals surface area contributed by atoms with Crippen molar-refractivity contribution in [3.05, 3.63) is 24.8 Å². The number of allylic oxidation sites excluding steroid dienone is 3. The third kappa shape index (κ3) is 27.5. The summed E-state index contributed by atoms with van der Waals surface area (Å²) in [5, 5.41) is 0. The summed E-state index contributed by atoms with van der Waals surface area (Å²) in [6, 6.07) is 0. The Labute approximate surface area is 186 Å². The molecule has 0 aromatic heterocycles. The van der Waals surface area contributed by atoms with E-state index in [1.807, 2.05) is 6.08 Å². The van der Waals surface area contributed by atoms with Crippen LogP contribution in [0.2, 0.25) is 0 Å². The van der Waals surface area contributed by atoms with Gasteiger partial charge in [0.15, 0.2) is 0 Å². The minimum absolute atomic E-state index is 1.20. The molecule has 0 heterocycles. The number of rotatable bonds is 25. The number of hydrogen-bond acceptors (Lipinski definition) is 0. The summed E-state index contributed by atoms with van der Waals surface area (Å²) in [6.07, 6.45) is 40.9. The standard InChI is InChI=1S/C29H56/c1-3-5-7-9-11-13-15-17-19-21-23-25-27-29-28-26-24-22-20-18-16-14-12-10-8-6-4-2/h3,28-29H,1,4-27H2,2H3. The van der Waals surface area contributed by atoms with Crippen molar-refractivity contribution in [2.45, 2.75) is 161 Å². The minimum Gasteiger partial charge on any atom is -0.103 e. The number of unbranched alkanes of at least 4 members (excludes halogenated alkanes) is 22. The van der Waals surface area contributed by atoms with Crippen LogP contribution < -0.4 is 0 Å². The molecule has 0 rings (SSSR count). The van der Waals surface area contributed by atoms with Gasteiger partial charge in [0.2, 0.25) is 0 Å². The van der Waals surface area contributed by atoms with Gasteiger partial charge in [-0.1, -0.05) is 141 Å². The van der Waals surface area contributed by atoms with E-state index in [1.165, 1.54) is 154 Å². The Morgan fingerprint density at radius 3 is 0.966 bits per heavy atom. The van der Waals surface area contributed by atoms with E-state index >= 15 is 0 Å². The highest BCUT2D eigenvalue weighted by Crippen LogP contribution is 2.13. The van der Waals surface area contributed by atoms with E-state index < -0.39 is 0 Å². The van der Waals surface area contributed by atoms with Crippen molar-refractivity contribution in [1.29, 1.82) is 0 Å². The third-order valence-corrected chi connectivity index (χ3v) is 6.17. The third-order valence-electron chi connectivity index (χ3n) is 6.17. The van der Waals surface area contributed by atoms with Crippen molar-refractivity contribution in [2.24, 2.45) is 0 Å². The molecule has 0 heteroatoms. The molecule has 0 atom stereocenters. The molecule has 0 bridgehead atoms. The van der Waals surface area contributed by atoms with Gasteiger partial charge in [-0.25, -0.2) is 0 Å². The Bertz CT molecular complexity index is 314. The highest BCUT2D eigenvalue weighted by Gasteiger charge is 1.94. The van der Waals surface area contributed by atoms with Crippen LogP contribution in [0.1, 0.15) is 161 Å². The summed E-state index contributed by atoms with van der Waals surface area (Å²) in [6.45, 7) is 6.09. The van der Waals surface area contributed by atoms with Crippen LogP contribution >= 0.6 is 0 Å². The smallest absolute Gasteiger partial charge is 0.0351 e. The van der Waals surface area contributed by atoms with Crippen LogP contribution in [0.25, 0.3) is 0 Å². The molecule has 0 aliphatic carbocycles. The maximum atomic E-state index is 3.79. The van der Waals surface area contributed by atoms with E-state index in [0.29, 0.717) is 0 Å². The molecule has 0 unspecified atom stereocenters. The van der Waals surface area contributed by atoms with Crippen LogP contribution in [0.15, 0.2) is 24.8 Å². The van der Waals surface area contributed by atoms with Crippen molar-refractivity contribution in [1.82, 2.24) is 0 Å². The quantitative estimate of drug-likeness (QED) is 0.105. The van der Waals surface area contributed by atoms with Crippen LogP contribution in [0, 0.1) is 0 Å². The first-order valence-corrected chi connectivity index (χ1v) is 13.7. The van der Waals surface area contributed by atoms with Crippen LogP contribution in [-0.2, 0) is 0 Å². The van der Waals surface area contributed by atoms with Crippen molar-refractivity contribution >= 4 is 0 Å². The lowest BCUT2D eigenvalue weighted by molar-refractivity contribution is 0.550. The Balaban J connectivity index is 3.06. The predicted molar refractivity (Wildman–Crippen MR) is 136 cm³/mol. The van der Waals surface area contributed by atoms with E-state index in [1.54, 1.807) is 0 Å². The normalized spacial score (nSPS) is 11.5. The molecule has 0 fully saturated rings. The van der Waals surface area contributed by atoms with Gasteiger partial charge in [0, 0.05) is 0 Å². The highest BCUT2D eigenvalue weighted by molar-refractivity contribution is 4.81. The van der Waals surface area contributed by atoms with E-state index in [-0.39, 0.29) is 0 Å². The summed E-state index contributed by atoms with van der Waals surface area (Å²) in [5.41, 5.74) is 0. The Morgan fingerprint density at radius 1 is 0.379 bits per heavy atom. The van der Waals surface area contributed by atoms with Gasteiger partial charge in [0.1, 0.15) is 0 Å². The summed E-state index contributed by atoms with van der Waals surface area (Å²) < 4.78 is 0. The van der Waals surface area contributed by atoms with Crippen molar-refractivity contribution in [3.8, 4) is 0 Å². The van der Waals surface area contributed by atoms with Crippen molar-refractivity contribution in [2.75, 3.05) is 0 Å². The molecule has 0 aliphatic rings. The summed E-state index contributed by atoms with van der Waals surface area (Å²) in [5.74, 6) is 0. The lowest BCUT2D eigenvalue weighted by atomic mass is 10.0. The first-order chi connectivity index (χ1) is 14.4. The van der Waals surface area contributed by atoms with Gasteiger partial charge in [-0.3, -0.25) is 0 Å². The molecule has 0 aliphatic heterocycles. The Kier molecular flexibility index (Phi) is 27.0. The van der Waals surface area contributed by atoms with Gasteiger partial charge >= 0.3 is 0 Å². The molecule has 0 radical (unpaired) electrons. The van der Waals surface area contributed by atoms with Gasteiger partial charge in [0.25, 0.3) is 0 Å². The number of hydrogen-bond donors (Lipinski definition) is 0. The molecular formula is C29H56. The molecule has 0 N–H and O–H groups in total. The van der Waals surface area contributed by atoms with Crippen molar-refractivity contribution < 1.29 is 0 Å². The SMILES string of the molecule is C=CCCCCCCCCCCCCC=CCCCCCCCCCCCCC. The molecular weight excluding hydrogens is 348 g/mol. The Hall–Kier alpha value is -0.520.